The van der Waals surface area contributed by atoms with E-state index in [0.29, 0.717) is 19.5 Å². The molecule has 0 spiro atoms. The summed E-state index contributed by atoms with van der Waals surface area (Å²) < 4.78 is 0. The van der Waals surface area contributed by atoms with Crippen LogP contribution in [-0.4, -0.2) is 64.2 Å². The first kappa shape index (κ1) is 19.4. The van der Waals surface area contributed by atoms with Gasteiger partial charge in [-0.3, -0.25) is 4.79 Å². The summed E-state index contributed by atoms with van der Waals surface area (Å²) in [6.45, 7) is 6.66. The molecular formula is C19H29N5O3. The van der Waals surface area contributed by atoms with Crippen LogP contribution in [0.2, 0.25) is 0 Å². The molecule has 0 aromatic carbocycles. The SMILES string of the molecule is CCc1cc(N2CCC(NC(=O)N3CC(C)CC(C(=O)O)C3)CC2)ncn1. The lowest BCUT2D eigenvalue weighted by molar-refractivity contribution is -0.143. The Morgan fingerprint density at radius 1 is 1.26 bits per heavy atom. The standard InChI is InChI=1S/C19H29N5O3/c1-3-15-9-17(21-12-20-15)23-6-4-16(5-7-23)22-19(27)24-10-13(2)8-14(11-24)18(25)26/h9,12-14,16H,3-8,10-11H2,1-2H3,(H,22,27)(H,25,26). The number of hydrogen-bond acceptors (Lipinski definition) is 5. The second kappa shape index (κ2) is 8.54. The molecule has 1 aromatic rings. The predicted molar refractivity (Wildman–Crippen MR) is 102 cm³/mol. The maximum atomic E-state index is 12.6. The summed E-state index contributed by atoms with van der Waals surface area (Å²) in [5.74, 6) is -0.130. The molecule has 2 saturated heterocycles. The fraction of sp³-hybridized carbons (Fsp3) is 0.684. The summed E-state index contributed by atoms with van der Waals surface area (Å²) in [6.07, 6.45) is 4.83. The average molecular weight is 375 g/mol. The first-order valence-corrected chi connectivity index (χ1v) is 9.80. The molecule has 2 N–H and O–H groups in total. The third-order valence-electron chi connectivity index (χ3n) is 5.51. The van der Waals surface area contributed by atoms with E-state index < -0.39 is 11.9 Å². The topological polar surface area (TPSA) is 98.7 Å². The molecule has 2 amide bonds. The summed E-state index contributed by atoms with van der Waals surface area (Å²) in [5.41, 5.74) is 1.03. The van der Waals surface area contributed by atoms with Gasteiger partial charge in [-0.1, -0.05) is 13.8 Å². The van der Waals surface area contributed by atoms with Gasteiger partial charge in [-0.2, -0.15) is 0 Å². The highest BCUT2D eigenvalue weighted by atomic mass is 16.4. The number of rotatable bonds is 4. The Morgan fingerprint density at radius 3 is 2.67 bits per heavy atom. The molecule has 1 aromatic heterocycles. The van der Waals surface area contributed by atoms with E-state index in [9.17, 15) is 14.7 Å². The van der Waals surface area contributed by atoms with Crippen LogP contribution in [0, 0.1) is 11.8 Å². The number of aromatic nitrogens is 2. The molecule has 27 heavy (non-hydrogen) atoms. The number of likely N-dealkylation sites (tertiary alicyclic amines) is 1. The number of nitrogens with one attached hydrogen (secondary N) is 1. The van der Waals surface area contributed by atoms with Crippen molar-refractivity contribution in [3.05, 3.63) is 18.1 Å². The fourth-order valence-corrected chi connectivity index (χ4v) is 3.97. The highest BCUT2D eigenvalue weighted by molar-refractivity contribution is 5.77. The van der Waals surface area contributed by atoms with E-state index in [2.05, 4.69) is 27.1 Å². The van der Waals surface area contributed by atoms with Crippen molar-refractivity contribution in [1.82, 2.24) is 20.2 Å². The number of aliphatic carboxylic acids is 1. The molecule has 0 saturated carbocycles. The molecule has 2 fully saturated rings. The molecule has 3 rings (SSSR count). The Bertz CT molecular complexity index is 675. The average Bonchev–Trinajstić information content (AvgIpc) is 2.68. The summed E-state index contributed by atoms with van der Waals surface area (Å²) in [5, 5.41) is 12.4. The Kier molecular flexibility index (Phi) is 6.13. The van der Waals surface area contributed by atoms with E-state index in [0.717, 1.165) is 43.9 Å². The monoisotopic (exact) mass is 375 g/mol. The van der Waals surface area contributed by atoms with Gasteiger partial charge in [0, 0.05) is 44.0 Å². The van der Waals surface area contributed by atoms with Gasteiger partial charge in [-0.25, -0.2) is 14.8 Å². The zero-order chi connectivity index (χ0) is 19.4. The molecule has 3 heterocycles. The summed E-state index contributed by atoms with van der Waals surface area (Å²) in [7, 11) is 0. The summed E-state index contributed by atoms with van der Waals surface area (Å²) >= 11 is 0. The zero-order valence-corrected chi connectivity index (χ0v) is 16.1. The maximum absolute atomic E-state index is 12.6. The minimum atomic E-state index is -0.816. The van der Waals surface area contributed by atoms with Crippen molar-refractivity contribution in [1.29, 1.82) is 0 Å². The molecule has 0 radical (unpaired) electrons. The minimum absolute atomic E-state index is 0.113. The molecule has 2 atom stereocenters. The van der Waals surface area contributed by atoms with Crippen LogP contribution < -0.4 is 10.2 Å². The van der Waals surface area contributed by atoms with Gasteiger partial charge < -0.3 is 20.2 Å². The number of urea groups is 1. The van der Waals surface area contributed by atoms with E-state index in [1.807, 2.05) is 13.0 Å². The third kappa shape index (κ3) is 4.87. The largest absolute Gasteiger partial charge is 0.481 e. The van der Waals surface area contributed by atoms with Crippen LogP contribution in [0.15, 0.2) is 12.4 Å². The second-order valence-corrected chi connectivity index (χ2v) is 7.71. The number of aryl methyl sites for hydroxylation is 1. The number of hydrogen-bond donors (Lipinski definition) is 2. The van der Waals surface area contributed by atoms with E-state index in [1.165, 1.54) is 0 Å². The Morgan fingerprint density at radius 2 is 2.00 bits per heavy atom. The van der Waals surface area contributed by atoms with Crippen LogP contribution in [0.1, 0.15) is 38.8 Å². The number of nitrogens with zero attached hydrogens (tertiary/aromatic N) is 4. The van der Waals surface area contributed by atoms with Crippen molar-refractivity contribution in [2.75, 3.05) is 31.1 Å². The van der Waals surface area contributed by atoms with Crippen LogP contribution in [0.4, 0.5) is 10.6 Å². The van der Waals surface area contributed by atoms with Crippen LogP contribution in [-0.2, 0) is 11.2 Å². The lowest BCUT2D eigenvalue weighted by Gasteiger charge is -2.37. The van der Waals surface area contributed by atoms with Crippen molar-refractivity contribution in [2.45, 2.75) is 45.6 Å². The molecule has 148 valence electrons. The second-order valence-electron chi connectivity index (χ2n) is 7.71. The molecular weight excluding hydrogens is 346 g/mol. The first-order chi connectivity index (χ1) is 13.0. The van der Waals surface area contributed by atoms with E-state index in [-0.39, 0.29) is 18.0 Å². The van der Waals surface area contributed by atoms with Gasteiger partial charge in [0.25, 0.3) is 0 Å². The molecule has 2 unspecified atom stereocenters. The number of carbonyl (C=O) groups is 2. The lowest BCUT2D eigenvalue weighted by Crippen LogP contribution is -2.53. The molecule has 0 aliphatic carbocycles. The molecule has 2 aliphatic heterocycles. The Hall–Kier alpha value is -2.38. The van der Waals surface area contributed by atoms with Crippen molar-refractivity contribution in [2.24, 2.45) is 11.8 Å². The number of carbonyl (C=O) groups excluding carboxylic acids is 1. The van der Waals surface area contributed by atoms with Crippen molar-refractivity contribution in [3.63, 3.8) is 0 Å². The zero-order valence-electron chi connectivity index (χ0n) is 16.1. The normalized spacial score (nSPS) is 23.9. The number of carboxylic acid groups (broad SMARTS) is 1. The lowest BCUT2D eigenvalue weighted by atomic mass is 9.91. The van der Waals surface area contributed by atoms with Crippen LogP contribution >= 0.6 is 0 Å². The molecule has 8 nitrogen and oxygen atoms in total. The van der Waals surface area contributed by atoms with Gasteiger partial charge >= 0.3 is 12.0 Å². The van der Waals surface area contributed by atoms with Gasteiger partial charge in [-0.15, -0.1) is 0 Å². The van der Waals surface area contributed by atoms with Gasteiger partial charge in [0.2, 0.25) is 0 Å². The smallest absolute Gasteiger partial charge is 0.317 e. The quantitative estimate of drug-likeness (QED) is 0.832. The van der Waals surface area contributed by atoms with Crippen LogP contribution in [0.25, 0.3) is 0 Å². The third-order valence-corrected chi connectivity index (χ3v) is 5.51. The van der Waals surface area contributed by atoms with Crippen LogP contribution in [0.3, 0.4) is 0 Å². The number of amides is 2. The minimum Gasteiger partial charge on any atom is -0.481 e. The number of anilines is 1. The molecule has 8 heteroatoms. The van der Waals surface area contributed by atoms with Crippen LogP contribution in [0.5, 0.6) is 0 Å². The van der Waals surface area contributed by atoms with Crippen molar-refractivity contribution < 1.29 is 14.7 Å². The Balaban J connectivity index is 1.51. The van der Waals surface area contributed by atoms with Gasteiger partial charge in [0.1, 0.15) is 12.1 Å². The fourth-order valence-electron chi connectivity index (χ4n) is 3.97. The molecule has 2 aliphatic rings. The summed E-state index contributed by atoms with van der Waals surface area (Å²) in [4.78, 5) is 36.4. The summed E-state index contributed by atoms with van der Waals surface area (Å²) in [6, 6.07) is 2.00. The first-order valence-electron chi connectivity index (χ1n) is 9.80. The van der Waals surface area contributed by atoms with Gasteiger partial charge in [0.15, 0.2) is 0 Å². The molecule has 0 bridgehead atoms. The number of carboxylic acids is 1. The van der Waals surface area contributed by atoms with E-state index >= 15 is 0 Å². The number of piperidine rings is 2. The van der Waals surface area contributed by atoms with E-state index in [1.54, 1.807) is 11.2 Å². The highest BCUT2D eigenvalue weighted by Gasteiger charge is 2.33. The van der Waals surface area contributed by atoms with E-state index in [4.69, 9.17) is 0 Å². The van der Waals surface area contributed by atoms with Gasteiger partial charge in [0.05, 0.1) is 5.92 Å². The van der Waals surface area contributed by atoms with Gasteiger partial charge in [-0.05, 0) is 31.6 Å². The predicted octanol–water partition coefficient (Wildman–Crippen LogP) is 1.76. The highest BCUT2D eigenvalue weighted by Crippen LogP contribution is 2.23. The Labute approximate surface area is 160 Å². The van der Waals surface area contributed by atoms with Crippen molar-refractivity contribution in [3.8, 4) is 0 Å². The van der Waals surface area contributed by atoms with Crippen molar-refractivity contribution >= 4 is 17.8 Å². The maximum Gasteiger partial charge on any atom is 0.317 e.